The molecule has 0 fully saturated rings. The number of hydrogen-bond acceptors (Lipinski definition) is 3. The lowest BCUT2D eigenvalue weighted by Crippen LogP contribution is -2.33. The third-order valence-electron chi connectivity index (χ3n) is 6.22. The van der Waals surface area contributed by atoms with Crippen LogP contribution in [0.3, 0.4) is 0 Å². The monoisotopic (exact) mass is 432 g/mol. The van der Waals surface area contributed by atoms with Crippen molar-refractivity contribution in [1.29, 1.82) is 0 Å². The molecule has 0 amide bonds. The van der Waals surface area contributed by atoms with Gasteiger partial charge in [0.2, 0.25) is 5.83 Å². The van der Waals surface area contributed by atoms with Gasteiger partial charge in [-0.05, 0) is 84.4 Å². The molecule has 0 bridgehead atoms. The number of esters is 1. The van der Waals surface area contributed by atoms with Crippen molar-refractivity contribution < 1.29 is 23.4 Å². The van der Waals surface area contributed by atoms with Gasteiger partial charge in [0.25, 0.3) is 0 Å². The molecule has 0 aromatic heterocycles. The van der Waals surface area contributed by atoms with Gasteiger partial charge in [-0.15, -0.1) is 0 Å². The molecular weight excluding hydrogens is 398 g/mol. The van der Waals surface area contributed by atoms with Crippen LogP contribution in [-0.2, 0) is 20.4 Å². The summed E-state index contributed by atoms with van der Waals surface area (Å²) < 4.78 is 33.8. The molecule has 0 atom stereocenters. The van der Waals surface area contributed by atoms with Crippen molar-refractivity contribution >= 4 is 11.5 Å². The number of phenolic OH excluding ortho intramolecular Hbond substituents is 1. The summed E-state index contributed by atoms with van der Waals surface area (Å²) in [6.45, 7) is 13.5. The SMILES string of the molecule is CCOC(=O)/C(F)=C(C)/C=C/C(F)=C(/CC)c1cc2c(cc1O)C(C)(C)CCC2(C)C. The van der Waals surface area contributed by atoms with Crippen LogP contribution in [0.25, 0.3) is 5.57 Å². The maximum atomic E-state index is 15.1. The van der Waals surface area contributed by atoms with E-state index in [-0.39, 0.29) is 28.8 Å². The van der Waals surface area contributed by atoms with Crippen LogP contribution in [0.5, 0.6) is 5.75 Å². The second-order valence-electron chi connectivity index (χ2n) is 9.41. The van der Waals surface area contributed by atoms with Gasteiger partial charge in [0, 0.05) is 5.56 Å². The first-order chi connectivity index (χ1) is 14.4. The predicted octanol–water partition coefficient (Wildman–Crippen LogP) is 7.19. The quantitative estimate of drug-likeness (QED) is 0.294. The first kappa shape index (κ1) is 24.8. The number of rotatable bonds is 6. The number of hydrogen-bond donors (Lipinski definition) is 1. The van der Waals surface area contributed by atoms with Crippen LogP contribution in [0.15, 0.2) is 41.5 Å². The van der Waals surface area contributed by atoms with Crippen LogP contribution in [0, 0.1) is 0 Å². The molecule has 1 aromatic rings. The number of carbonyl (C=O) groups excluding carboxylic acids is 1. The third kappa shape index (κ3) is 5.25. The lowest BCUT2D eigenvalue weighted by molar-refractivity contribution is -0.140. The van der Waals surface area contributed by atoms with E-state index in [1.807, 2.05) is 6.07 Å². The Kier molecular flexibility index (Phi) is 7.51. The summed E-state index contributed by atoms with van der Waals surface area (Å²) >= 11 is 0. The minimum atomic E-state index is -1.07. The summed E-state index contributed by atoms with van der Waals surface area (Å²) in [5.74, 6) is -2.66. The molecule has 5 heteroatoms. The average Bonchev–Trinajstić information content (AvgIpc) is 2.70. The van der Waals surface area contributed by atoms with E-state index in [0.717, 1.165) is 30.0 Å². The van der Waals surface area contributed by atoms with Crippen molar-refractivity contribution in [2.75, 3.05) is 6.61 Å². The molecule has 0 heterocycles. The largest absolute Gasteiger partial charge is 0.507 e. The molecule has 1 aliphatic carbocycles. The molecule has 0 saturated heterocycles. The van der Waals surface area contributed by atoms with Crippen LogP contribution < -0.4 is 0 Å². The average molecular weight is 433 g/mol. The van der Waals surface area contributed by atoms with E-state index in [1.165, 1.54) is 13.0 Å². The molecule has 0 unspecified atom stereocenters. The Morgan fingerprint density at radius 2 is 1.61 bits per heavy atom. The van der Waals surface area contributed by atoms with Gasteiger partial charge in [0.1, 0.15) is 11.6 Å². The highest BCUT2D eigenvalue weighted by atomic mass is 19.1. The lowest BCUT2D eigenvalue weighted by atomic mass is 9.62. The number of phenols is 1. The summed E-state index contributed by atoms with van der Waals surface area (Å²) in [7, 11) is 0. The Labute approximate surface area is 184 Å². The summed E-state index contributed by atoms with van der Waals surface area (Å²) in [5.41, 5.74) is 2.81. The topological polar surface area (TPSA) is 46.5 Å². The van der Waals surface area contributed by atoms with Gasteiger partial charge in [-0.2, -0.15) is 4.39 Å². The number of allylic oxidation sites excluding steroid dienone is 5. The molecule has 3 nitrogen and oxygen atoms in total. The van der Waals surface area contributed by atoms with Gasteiger partial charge in [0.05, 0.1) is 6.61 Å². The first-order valence-corrected chi connectivity index (χ1v) is 10.8. The number of aromatic hydroxyl groups is 1. The summed E-state index contributed by atoms with van der Waals surface area (Å²) in [5, 5.41) is 10.8. The van der Waals surface area contributed by atoms with E-state index in [0.29, 0.717) is 17.6 Å². The molecule has 31 heavy (non-hydrogen) atoms. The van der Waals surface area contributed by atoms with Gasteiger partial charge < -0.3 is 9.84 Å². The Balaban J connectivity index is 2.54. The molecular formula is C26H34F2O3. The number of ether oxygens (including phenoxy) is 1. The third-order valence-corrected chi connectivity index (χ3v) is 6.22. The van der Waals surface area contributed by atoms with Gasteiger partial charge >= 0.3 is 5.97 Å². The van der Waals surface area contributed by atoms with Crippen molar-refractivity contribution in [3.05, 3.63) is 58.2 Å². The zero-order valence-electron chi connectivity index (χ0n) is 19.7. The van der Waals surface area contributed by atoms with Crippen LogP contribution in [0.1, 0.15) is 84.4 Å². The molecule has 0 aliphatic heterocycles. The van der Waals surface area contributed by atoms with E-state index in [9.17, 15) is 14.3 Å². The first-order valence-electron chi connectivity index (χ1n) is 10.8. The zero-order chi connectivity index (χ0) is 23.6. The molecule has 0 spiro atoms. The minimum absolute atomic E-state index is 0.0263. The van der Waals surface area contributed by atoms with Crippen LogP contribution in [0.2, 0.25) is 0 Å². The van der Waals surface area contributed by atoms with Crippen molar-refractivity contribution in [3.8, 4) is 5.75 Å². The Morgan fingerprint density at radius 3 is 2.13 bits per heavy atom. The van der Waals surface area contributed by atoms with E-state index >= 15 is 4.39 Å². The molecule has 0 radical (unpaired) electrons. The fraction of sp³-hybridized carbons (Fsp3) is 0.500. The molecule has 1 aromatic carbocycles. The highest BCUT2D eigenvalue weighted by Crippen LogP contribution is 2.48. The number of halogens is 2. The van der Waals surface area contributed by atoms with Crippen molar-refractivity contribution in [2.24, 2.45) is 0 Å². The standard InChI is InChI=1S/C26H34F2O3/c1-8-17(21(27)11-10-16(3)23(28)24(30)31-9-2)18-14-19-20(15-22(18)29)26(6,7)13-12-25(19,4)5/h10-11,14-15,29H,8-9,12-13H2,1-7H3/b11-10+,21-17+,23-16-. The number of carbonyl (C=O) groups is 1. The van der Waals surface area contributed by atoms with Crippen molar-refractivity contribution in [1.82, 2.24) is 0 Å². The Bertz CT molecular complexity index is 950. The smallest absolute Gasteiger partial charge is 0.367 e. The highest BCUT2D eigenvalue weighted by molar-refractivity contribution is 5.87. The second kappa shape index (κ2) is 9.37. The van der Waals surface area contributed by atoms with E-state index in [4.69, 9.17) is 0 Å². The summed E-state index contributed by atoms with van der Waals surface area (Å²) in [6, 6.07) is 3.67. The number of fused-ring (bicyclic) bond motifs is 1. The van der Waals surface area contributed by atoms with E-state index in [1.54, 1.807) is 19.9 Å². The van der Waals surface area contributed by atoms with E-state index < -0.39 is 17.6 Å². The second-order valence-corrected chi connectivity index (χ2v) is 9.41. The molecule has 170 valence electrons. The Hall–Kier alpha value is -2.43. The Morgan fingerprint density at radius 1 is 1.06 bits per heavy atom. The highest BCUT2D eigenvalue weighted by Gasteiger charge is 2.38. The number of benzene rings is 1. The fourth-order valence-corrected chi connectivity index (χ4v) is 4.06. The lowest BCUT2D eigenvalue weighted by Gasteiger charge is -2.42. The zero-order valence-corrected chi connectivity index (χ0v) is 19.7. The van der Waals surface area contributed by atoms with Crippen LogP contribution in [-0.4, -0.2) is 17.7 Å². The molecule has 1 N–H and O–H groups in total. The van der Waals surface area contributed by atoms with Crippen LogP contribution >= 0.6 is 0 Å². The van der Waals surface area contributed by atoms with Gasteiger partial charge in [-0.3, -0.25) is 0 Å². The van der Waals surface area contributed by atoms with E-state index in [2.05, 4.69) is 32.4 Å². The summed E-state index contributed by atoms with van der Waals surface area (Å²) in [4.78, 5) is 11.5. The summed E-state index contributed by atoms with van der Waals surface area (Å²) in [6.07, 6.45) is 4.69. The van der Waals surface area contributed by atoms with Gasteiger partial charge in [-0.1, -0.05) is 40.7 Å². The molecule has 1 aliphatic rings. The van der Waals surface area contributed by atoms with Crippen molar-refractivity contribution in [2.45, 2.75) is 78.6 Å². The molecule has 0 saturated carbocycles. The van der Waals surface area contributed by atoms with Crippen molar-refractivity contribution in [3.63, 3.8) is 0 Å². The fourth-order valence-electron chi connectivity index (χ4n) is 4.06. The minimum Gasteiger partial charge on any atom is -0.507 e. The molecule has 2 rings (SSSR count). The predicted molar refractivity (Wildman–Crippen MR) is 121 cm³/mol. The van der Waals surface area contributed by atoms with Gasteiger partial charge in [-0.25, -0.2) is 9.18 Å². The van der Waals surface area contributed by atoms with Crippen LogP contribution in [0.4, 0.5) is 8.78 Å². The maximum Gasteiger partial charge on any atom is 0.367 e. The van der Waals surface area contributed by atoms with Gasteiger partial charge in [0.15, 0.2) is 0 Å². The normalized spacial score (nSPS) is 18.9. The maximum absolute atomic E-state index is 15.1.